The van der Waals surface area contributed by atoms with Crippen LogP contribution < -0.4 is 5.73 Å². The van der Waals surface area contributed by atoms with Gasteiger partial charge in [0.25, 0.3) is 0 Å². The number of epoxide rings is 1. The molecule has 3 heteroatoms. The predicted molar refractivity (Wildman–Crippen MR) is 49.0 cm³/mol. The summed E-state index contributed by atoms with van der Waals surface area (Å²) in [5.41, 5.74) is 5.84. The van der Waals surface area contributed by atoms with Crippen molar-refractivity contribution in [2.45, 2.75) is 38.4 Å². The van der Waals surface area contributed by atoms with Gasteiger partial charge in [0.05, 0.1) is 12.2 Å². The molecule has 2 aliphatic rings. The minimum atomic E-state index is -0.307. The van der Waals surface area contributed by atoms with E-state index in [0.717, 1.165) is 19.3 Å². The van der Waals surface area contributed by atoms with Gasteiger partial charge in [-0.25, -0.2) is 0 Å². The third-order valence-corrected chi connectivity index (χ3v) is 2.92. The van der Waals surface area contributed by atoms with Crippen LogP contribution in [0.15, 0.2) is 11.6 Å². The summed E-state index contributed by atoms with van der Waals surface area (Å²) in [5.74, 6) is 0.190. The van der Waals surface area contributed by atoms with Crippen LogP contribution >= 0.6 is 0 Å². The molecule has 1 amide bonds. The Labute approximate surface area is 77.9 Å². The topological polar surface area (TPSA) is 55.6 Å². The first kappa shape index (κ1) is 8.75. The number of rotatable bonds is 2. The third-order valence-electron chi connectivity index (χ3n) is 2.92. The van der Waals surface area contributed by atoms with Crippen LogP contribution in [0.1, 0.15) is 26.2 Å². The Kier molecular flexibility index (Phi) is 2.12. The Morgan fingerprint density at radius 2 is 2.23 bits per heavy atom. The van der Waals surface area contributed by atoms with Gasteiger partial charge >= 0.3 is 0 Å². The first-order valence-electron chi connectivity index (χ1n) is 4.80. The van der Waals surface area contributed by atoms with Crippen molar-refractivity contribution in [3.8, 4) is 0 Å². The van der Waals surface area contributed by atoms with E-state index in [2.05, 4.69) is 0 Å². The molecule has 1 aliphatic heterocycles. The number of hydrogen-bond acceptors (Lipinski definition) is 2. The fourth-order valence-corrected chi connectivity index (χ4v) is 2.02. The van der Waals surface area contributed by atoms with Crippen LogP contribution in [0.25, 0.3) is 0 Å². The maximum absolute atomic E-state index is 10.8. The van der Waals surface area contributed by atoms with Crippen LogP contribution in [0.4, 0.5) is 0 Å². The van der Waals surface area contributed by atoms with Gasteiger partial charge in [0, 0.05) is 5.57 Å². The summed E-state index contributed by atoms with van der Waals surface area (Å²) in [5, 5.41) is 0. The van der Waals surface area contributed by atoms with E-state index in [-0.39, 0.29) is 5.91 Å². The average molecular weight is 181 g/mol. The lowest BCUT2D eigenvalue weighted by Gasteiger charge is -2.15. The first-order chi connectivity index (χ1) is 6.16. The lowest BCUT2D eigenvalue weighted by atomic mass is 9.88. The van der Waals surface area contributed by atoms with Gasteiger partial charge in [-0.2, -0.15) is 0 Å². The monoisotopic (exact) mass is 181 g/mol. The Morgan fingerprint density at radius 1 is 1.46 bits per heavy atom. The lowest BCUT2D eigenvalue weighted by Crippen LogP contribution is -2.16. The molecule has 0 aromatic heterocycles. The van der Waals surface area contributed by atoms with Crippen LogP contribution in [0, 0.1) is 5.92 Å². The Hall–Kier alpha value is -0.830. The van der Waals surface area contributed by atoms with Crippen LogP contribution in [-0.2, 0) is 9.53 Å². The molecule has 1 saturated carbocycles. The molecule has 3 nitrogen and oxygen atoms in total. The van der Waals surface area contributed by atoms with Crippen molar-refractivity contribution in [1.82, 2.24) is 0 Å². The van der Waals surface area contributed by atoms with E-state index in [9.17, 15) is 4.79 Å². The normalized spacial score (nSPS) is 38.2. The number of carbonyl (C=O) groups is 1. The molecular weight excluding hydrogens is 166 g/mol. The molecule has 2 fully saturated rings. The van der Waals surface area contributed by atoms with Gasteiger partial charge in [-0.05, 0) is 32.1 Å². The molecule has 0 bridgehead atoms. The van der Waals surface area contributed by atoms with Gasteiger partial charge in [-0.1, -0.05) is 6.08 Å². The molecule has 1 aliphatic carbocycles. The van der Waals surface area contributed by atoms with Crippen molar-refractivity contribution < 1.29 is 9.53 Å². The zero-order chi connectivity index (χ0) is 9.42. The van der Waals surface area contributed by atoms with E-state index in [4.69, 9.17) is 10.5 Å². The number of allylic oxidation sites excluding steroid dienone is 1. The smallest absolute Gasteiger partial charge is 0.244 e. The number of ether oxygens (including phenoxy) is 1. The highest BCUT2D eigenvalue weighted by Crippen LogP contribution is 2.40. The zero-order valence-corrected chi connectivity index (χ0v) is 7.82. The van der Waals surface area contributed by atoms with Crippen molar-refractivity contribution >= 4 is 5.91 Å². The zero-order valence-electron chi connectivity index (χ0n) is 7.82. The van der Waals surface area contributed by atoms with E-state index in [0.29, 0.717) is 23.7 Å². The highest BCUT2D eigenvalue weighted by molar-refractivity contribution is 5.91. The highest BCUT2D eigenvalue weighted by atomic mass is 16.6. The fraction of sp³-hybridized carbons (Fsp3) is 0.700. The highest BCUT2D eigenvalue weighted by Gasteiger charge is 2.43. The largest absolute Gasteiger partial charge is 0.370 e. The van der Waals surface area contributed by atoms with E-state index < -0.39 is 0 Å². The summed E-state index contributed by atoms with van der Waals surface area (Å²) in [6.07, 6.45) is 6.33. The summed E-state index contributed by atoms with van der Waals surface area (Å²) in [4.78, 5) is 10.8. The standard InChI is InChI=1S/C10H15NO2/c1-6(10(11)12)4-7-2-3-8-9(5-7)13-8/h4,7-9H,2-3,5H2,1H3,(H2,11,12). The fourth-order valence-electron chi connectivity index (χ4n) is 2.02. The van der Waals surface area contributed by atoms with Crippen LogP contribution in [0.3, 0.4) is 0 Å². The maximum atomic E-state index is 10.8. The van der Waals surface area contributed by atoms with Gasteiger partial charge in [0.15, 0.2) is 0 Å². The lowest BCUT2D eigenvalue weighted by molar-refractivity contribution is -0.114. The minimum absolute atomic E-state index is 0.307. The summed E-state index contributed by atoms with van der Waals surface area (Å²) < 4.78 is 5.40. The molecule has 0 spiro atoms. The van der Waals surface area contributed by atoms with E-state index >= 15 is 0 Å². The van der Waals surface area contributed by atoms with Gasteiger partial charge < -0.3 is 10.5 Å². The molecule has 3 atom stereocenters. The van der Waals surface area contributed by atoms with Gasteiger partial charge in [0.1, 0.15) is 0 Å². The first-order valence-corrected chi connectivity index (χ1v) is 4.80. The second-order valence-corrected chi connectivity index (χ2v) is 4.00. The van der Waals surface area contributed by atoms with Crippen molar-refractivity contribution in [1.29, 1.82) is 0 Å². The summed E-state index contributed by atoms with van der Waals surface area (Å²) in [7, 11) is 0. The van der Waals surface area contributed by atoms with Crippen molar-refractivity contribution in [3.05, 3.63) is 11.6 Å². The van der Waals surface area contributed by atoms with E-state index in [1.807, 2.05) is 6.08 Å². The maximum Gasteiger partial charge on any atom is 0.244 e. The molecule has 0 aromatic rings. The van der Waals surface area contributed by atoms with Crippen molar-refractivity contribution in [2.75, 3.05) is 0 Å². The molecule has 2 rings (SSSR count). The molecular formula is C10H15NO2. The van der Waals surface area contributed by atoms with Crippen LogP contribution in [0.2, 0.25) is 0 Å². The Bertz CT molecular complexity index is 260. The Morgan fingerprint density at radius 3 is 2.85 bits per heavy atom. The second-order valence-electron chi connectivity index (χ2n) is 4.00. The number of primary amides is 1. The van der Waals surface area contributed by atoms with Crippen molar-refractivity contribution in [3.63, 3.8) is 0 Å². The number of amides is 1. The predicted octanol–water partition coefficient (Wildman–Crippen LogP) is 0.986. The summed E-state index contributed by atoms with van der Waals surface area (Å²) in [6, 6.07) is 0. The molecule has 2 N–H and O–H groups in total. The SMILES string of the molecule is CC(=CC1CCC2OC2C1)C(N)=O. The number of fused-ring (bicyclic) bond motifs is 1. The van der Waals surface area contributed by atoms with Gasteiger partial charge in [-0.3, -0.25) is 4.79 Å². The molecule has 1 heterocycles. The average Bonchev–Trinajstić information content (AvgIpc) is 2.81. The number of nitrogens with two attached hydrogens (primary N) is 1. The molecule has 13 heavy (non-hydrogen) atoms. The number of carbonyl (C=O) groups excluding carboxylic acids is 1. The molecule has 72 valence electrons. The summed E-state index contributed by atoms with van der Waals surface area (Å²) in [6.45, 7) is 1.78. The molecule has 3 unspecified atom stereocenters. The summed E-state index contributed by atoms with van der Waals surface area (Å²) >= 11 is 0. The Balaban J connectivity index is 1.93. The van der Waals surface area contributed by atoms with Crippen LogP contribution in [-0.4, -0.2) is 18.1 Å². The number of hydrogen-bond donors (Lipinski definition) is 1. The van der Waals surface area contributed by atoms with Crippen LogP contribution in [0.5, 0.6) is 0 Å². The van der Waals surface area contributed by atoms with Gasteiger partial charge in [0.2, 0.25) is 5.91 Å². The van der Waals surface area contributed by atoms with E-state index in [1.165, 1.54) is 0 Å². The molecule has 0 aromatic carbocycles. The quantitative estimate of drug-likeness (QED) is 0.510. The minimum Gasteiger partial charge on any atom is -0.370 e. The molecule has 0 radical (unpaired) electrons. The third kappa shape index (κ3) is 1.91. The van der Waals surface area contributed by atoms with Gasteiger partial charge in [-0.15, -0.1) is 0 Å². The van der Waals surface area contributed by atoms with E-state index in [1.54, 1.807) is 6.92 Å². The second kappa shape index (κ2) is 3.14. The molecule has 1 saturated heterocycles. The van der Waals surface area contributed by atoms with Crippen molar-refractivity contribution in [2.24, 2.45) is 11.7 Å².